The van der Waals surface area contributed by atoms with E-state index >= 15 is 0 Å². The molecule has 1 unspecified atom stereocenters. The highest BCUT2D eigenvalue weighted by molar-refractivity contribution is 6.48. The molecule has 0 aliphatic heterocycles. The molecule has 0 bridgehead atoms. The van der Waals surface area contributed by atoms with Crippen LogP contribution >= 0.6 is 46.4 Å². The van der Waals surface area contributed by atoms with Crippen LogP contribution < -0.4 is 5.32 Å². The molecule has 0 fully saturated rings. The van der Waals surface area contributed by atoms with Gasteiger partial charge in [-0.05, 0) is 29.3 Å². The van der Waals surface area contributed by atoms with E-state index in [0.29, 0.717) is 0 Å². The Bertz CT molecular complexity index is 1000. The Hall–Kier alpha value is -1.68. The molecule has 0 aliphatic carbocycles. The lowest BCUT2D eigenvalue weighted by Gasteiger charge is -2.18. The van der Waals surface area contributed by atoms with Gasteiger partial charge >= 0.3 is 12.4 Å². The minimum atomic E-state index is -4.68. The Morgan fingerprint density at radius 2 is 1.59 bits per heavy atom. The van der Waals surface area contributed by atoms with E-state index in [1.165, 1.54) is 6.07 Å². The monoisotopic (exact) mass is 538 g/mol. The molecule has 1 atom stereocenters. The zero-order valence-electron chi connectivity index (χ0n) is 15.6. The number of hydrogen-bond donors (Lipinski definition) is 1. The number of benzene rings is 1. The number of nitrogens with one attached hydrogen (secondary N) is 1. The van der Waals surface area contributed by atoms with Crippen LogP contribution in [-0.2, 0) is 11.3 Å². The van der Waals surface area contributed by atoms with E-state index in [9.17, 15) is 31.1 Å². The maximum absolute atomic E-state index is 13.6. The van der Waals surface area contributed by atoms with Gasteiger partial charge in [-0.1, -0.05) is 58.6 Å². The number of carbonyl (C=O) groups excluding carboxylic acids is 1. The lowest BCUT2D eigenvalue weighted by Crippen LogP contribution is -2.28. The Labute approximate surface area is 198 Å². The predicted octanol–water partition coefficient (Wildman–Crippen LogP) is 7.62. The largest absolute Gasteiger partial charge is 0.399 e. The van der Waals surface area contributed by atoms with Gasteiger partial charge in [0.2, 0.25) is 5.91 Å². The van der Waals surface area contributed by atoms with Gasteiger partial charge in [0.15, 0.2) is 0 Å². The van der Waals surface area contributed by atoms with Gasteiger partial charge < -0.3 is 5.32 Å². The van der Waals surface area contributed by atoms with Crippen molar-refractivity contribution in [3.63, 3.8) is 0 Å². The summed E-state index contributed by atoms with van der Waals surface area (Å²) in [5.41, 5.74) is -0.0139. The second-order valence-corrected chi connectivity index (χ2v) is 8.04. The molecule has 0 aliphatic rings. The molecule has 2 aromatic rings. The SMILES string of the molecule is O=C(CC(F)(F)F)NCc1ncc(C=CC(c2cc(Cl)c(Cl)c(Cl)c2)C(F)(F)F)cc1Cl. The normalized spacial score (nSPS) is 13.4. The number of allylic oxidation sites excluding steroid dienone is 1. The maximum atomic E-state index is 13.6. The van der Waals surface area contributed by atoms with Gasteiger partial charge in [0.1, 0.15) is 6.42 Å². The summed E-state index contributed by atoms with van der Waals surface area (Å²) in [5, 5.41) is 1.61. The van der Waals surface area contributed by atoms with Crippen molar-refractivity contribution in [2.24, 2.45) is 0 Å². The van der Waals surface area contributed by atoms with Crippen LogP contribution in [0.2, 0.25) is 20.1 Å². The first-order valence-electron chi connectivity index (χ1n) is 8.54. The highest BCUT2D eigenvalue weighted by Crippen LogP contribution is 2.41. The van der Waals surface area contributed by atoms with E-state index in [1.807, 2.05) is 5.32 Å². The van der Waals surface area contributed by atoms with Crippen molar-refractivity contribution in [3.05, 3.63) is 67.4 Å². The summed E-state index contributed by atoms with van der Waals surface area (Å²) in [6.07, 6.45) is -7.90. The van der Waals surface area contributed by atoms with E-state index < -0.39 is 30.6 Å². The lowest BCUT2D eigenvalue weighted by atomic mass is 9.97. The predicted molar refractivity (Wildman–Crippen MR) is 111 cm³/mol. The van der Waals surface area contributed by atoms with Crippen molar-refractivity contribution < 1.29 is 31.1 Å². The number of nitrogens with zero attached hydrogens (tertiary/aromatic N) is 1. The number of carbonyl (C=O) groups is 1. The number of hydrogen-bond acceptors (Lipinski definition) is 2. The summed E-state index contributed by atoms with van der Waals surface area (Å²) in [6, 6.07) is 3.36. The molecule has 1 amide bonds. The number of aromatic nitrogens is 1. The quantitative estimate of drug-likeness (QED) is 0.303. The van der Waals surface area contributed by atoms with Crippen molar-refractivity contribution in [2.75, 3.05) is 0 Å². The molecular formula is C19H12Cl4F6N2O. The van der Waals surface area contributed by atoms with Gasteiger partial charge in [0.25, 0.3) is 0 Å². The third-order valence-electron chi connectivity index (χ3n) is 3.95. The zero-order valence-corrected chi connectivity index (χ0v) is 18.6. The Morgan fingerprint density at radius 1 is 1.00 bits per heavy atom. The van der Waals surface area contributed by atoms with Crippen LogP contribution in [0.4, 0.5) is 26.3 Å². The van der Waals surface area contributed by atoms with E-state index in [2.05, 4.69) is 4.98 Å². The van der Waals surface area contributed by atoms with Crippen LogP contribution in [-0.4, -0.2) is 23.2 Å². The highest BCUT2D eigenvalue weighted by atomic mass is 35.5. The second-order valence-electron chi connectivity index (χ2n) is 6.44. The molecule has 0 saturated carbocycles. The molecule has 1 N–H and O–H groups in total. The summed E-state index contributed by atoms with van der Waals surface area (Å²) in [4.78, 5) is 15.1. The fraction of sp³-hybridized carbons (Fsp3) is 0.263. The molecule has 0 spiro atoms. The van der Waals surface area contributed by atoms with Gasteiger partial charge in [-0.3, -0.25) is 9.78 Å². The molecule has 1 aromatic carbocycles. The molecule has 1 heterocycles. The van der Waals surface area contributed by atoms with Crippen molar-refractivity contribution in [1.29, 1.82) is 0 Å². The average Bonchev–Trinajstić information content (AvgIpc) is 2.63. The zero-order chi connectivity index (χ0) is 24.3. The van der Waals surface area contributed by atoms with E-state index in [-0.39, 0.29) is 43.5 Å². The first-order chi connectivity index (χ1) is 14.7. The lowest BCUT2D eigenvalue weighted by molar-refractivity contribution is -0.153. The van der Waals surface area contributed by atoms with Gasteiger partial charge in [0.05, 0.1) is 38.2 Å². The second kappa shape index (κ2) is 10.5. The van der Waals surface area contributed by atoms with Crippen molar-refractivity contribution in [1.82, 2.24) is 10.3 Å². The molecule has 0 radical (unpaired) electrons. The van der Waals surface area contributed by atoms with Gasteiger partial charge in [-0.15, -0.1) is 0 Å². The number of rotatable bonds is 6. The highest BCUT2D eigenvalue weighted by Gasteiger charge is 2.39. The van der Waals surface area contributed by atoms with Crippen molar-refractivity contribution in [3.8, 4) is 0 Å². The summed E-state index contributed by atoms with van der Waals surface area (Å²) >= 11 is 23.4. The minimum absolute atomic E-state index is 0.0444. The molecule has 0 saturated heterocycles. The third-order valence-corrected chi connectivity index (χ3v) is 5.48. The van der Waals surface area contributed by atoms with E-state index in [1.54, 1.807) is 0 Å². The molecule has 174 valence electrons. The first kappa shape index (κ1) is 26.6. The maximum Gasteiger partial charge on any atom is 0.399 e. The Morgan fingerprint density at radius 3 is 2.09 bits per heavy atom. The number of alkyl halides is 6. The number of halogens is 10. The molecule has 13 heteroatoms. The standard InChI is InChI=1S/C19H12Cl4F6N2O/c20-12-3-9(7-30-15(12)8-31-16(32)6-18(24,25)26)1-2-11(19(27,28)29)10-4-13(21)17(23)14(22)5-10/h1-5,7,11H,6,8H2,(H,31,32). The van der Waals surface area contributed by atoms with E-state index in [0.717, 1.165) is 30.5 Å². The number of pyridine rings is 1. The van der Waals surface area contributed by atoms with Crippen LogP contribution in [0, 0.1) is 0 Å². The first-order valence-corrected chi connectivity index (χ1v) is 10.1. The number of amides is 1. The Balaban J connectivity index is 2.20. The summed E-state index contributed by atoms with van der Waals surface area (Å²) in [7, 11) is 0. The van der Waals surface area contributed by atoms with Crippen molar-refractivity contribution >= 4 is 58.4 Å². The fourth-order valence-corrected chi connectivity index (χ4v) is 3.35. The fourth-order valence-electron chi connectivity index (χ4n) is 2.50. The van der Waals surface area contributed by atoms with Gasteiger partial charge in [-0.25, -0.2) is 0 Å². The topological polar surface area (TPSA) is 42.0 Å². The summed E-state index contributed by atoms with van der Waals surface area (Å²) in [6.45, 7) is -0.384. The van der Waals surface area contributed by atoms with Crippen LogP contribution in [0.3, 0.4) is 0 Å². The summed E-state index contributed by atoms with van der Waals surface area (Å²) < 4.78 is 77.3. The van der Waals surface area contributed by atoms with E-state index in [4.69, 9.17) is 46.4 Å². The third kappa shape index (κ3) is 7.72. The molecular weight excluding hydrogens is 528 g/mol. The smallest absolute Gasteiger partial charge is 0.350 e. The molecule has 2 rings (SSSR count). The van der Waals surface area contributed by atoms with Crippen molar-refractivity contribution in [2.45, 2.75) is 31.2 Å². The van der Waals surface area contributed by atoms with Gasteiger partial charge in [-0.2, -0.15) is 26.3 Å². The average molecular weight is 540 g/mol. The molecule has 32 heavy (non-hydrogen) atoms. The van der Waals surface area contributed by atoms with Crippen LogP contribution in [0.1, 0.15) is 29.2 Å². The summed E-state index contributed by atoms with van der Waals surface area (Å²) in [5.74, 6) is -3.34. The Kier molecular flexibility index (Phi) is 8.72. The molecule has 3 nitrogen and oxygen atoms in total. The van der Waals surface area contributed by atoms with Crippen LogP contribution in [0.5, 0.6) is 0 Å². The van der Waals surface area contributed by atoms with Gasteiger partial charge in [0, 0.05) is 6.20 Å². The van der Waals surface area contributed by atoms with Crippen LogP contribution in [0.25, 0.3) is 6.08 Å². The molecule has 1 aromatic heterocycles. The minimum Gasteiger partial charge on any atom is -0.350 e. The van der Waals surface area contributed by atoms with Crippen LogP contribution in [0.15, 0.2) is 30.5 Å².